The van der Waals surface area contributed by atoms with Gasteiger partial charge in [-0.2, -0.15) is 0 Å². The molecule has 2 N–H and O–H groups in total. The summed E-state index contributed by atoms with van der Waals surface area (Å²) in [6, 6.07) is 8.20. The van der Waals surface area contributed by atoms with Crippen molar-refractivity contribution in [2.24, 2.45) is 0 Å². The summed E-state index contributed by atoms with van der Waals surface area (Å²) in [5.74, 6) is 1.81. The van der Waals surface area contributed by atoms with Gasteiger partial charge in [0.25, 0.3) is 0 Å². The topological polar surface area (TPSA) is 44.4 Å². The van der Waals surface area contributed by atoms with Crippen LogP contribution in [-0.4, -0.2) is 41.6 Å². The standard InChI is InChI=1S/C16H23N3OS/c20-16(15-11-21-12-17-15)18-14-6-4-5-13(9-14)10-19-7-2-1-3-8-19/h4-6,9,15,17H,1-3,7-8,10-12H2,(H,18,20). The first-order valence-corrected chi connectivity index (χ1v) is 8.90. The van der Waals surface area contributed by atoms with E-state index in [0.717, 1.165) is 23.9 Å². The number of rotatable bonds is 4. The van der Waals surface area contributed by atoms with Crippen LogP contribution in [0.5, 0.6) is 0 Å². The van der Waals surface area contributed by atoms with Gasteiger partial charge in [-0.25, -0.2) is 0 Å². The van der Waals surface area contributed by atoms with Crippen LogP contribution in [-0.2, 0) is 11.3 Å². The average molecular weight is 305 g/mol. The summed E-state index contributed by atoms with van der Waals surface area (Å²) >= 11 is 1.77. The Morgan fingerprint density at radius 2 is 2.19 bits per heavy atom. The maximum absolute atomic E-state index is 12.1. The molecule has 114 valence electrons. The minimum Gasteiger partial charge on any atom is -0.325 e. The first-order valence-electron chi connectivity index (χ1n) is 7.74. The summed E-state index contributed by atoms with van der Waals surface area (Å²) in [6.45, 7) is 3.38. The second-order valence-electron chi connectivity index (χ2n) is 5.80. The van der Waals surface area contributed by atoms with Crippen molar-refractivity contribution in [2.75, 3.05) is 30.0 Å². The molecule has 0 saturated carbocycles. The fourth-order valence-electron chi connectivity index (χ4n) is 2.92. The van der Waals surface area contributed by atoms with Gasteiger partial charge in [0.2, 0.25) is 5.91 Å². The Kier molecular flexibility index (Phi) is 5.17. The minimum atomic E-state index is -0.0549. The Balaban J connectivity index is 1.58. The summed E-state index contributed by atoms with van der Waals surface area (Å²) in [5.41, 5.74) is 2.19. The van der Waals surface area contributed by atoms with Crippen molar-refractivity contribution in [3.63, 3.8) is 0 Å². The van der Waals surface area contributed by atoms with Gasteiger partial charge in [0.15, 0.2) is 0 Å². The van der Waals surface area contributed by atoms with Crippen LogP contribution < -0.4 is 10.6 Å². The van der Waals surface area contributed by atoms with Crippen LogP contribution in [0.3, 0.4) is 0 Å². The molecule has 3 rings (SSSR count). The van der Waals surface area contributed by atoms with Crippen molar-refractivity contribution >= 4 is 23.4 Å². The number of carbonyl (C=O) groups excluding carboxylic acids is 1. The quantitative estimate of drug-likeness (QED) is 0.896. The number of likely N-dealkylation sites (tertiary alicyclic amines) is 1. The van der Waals surface area contributed by atoms with E-state index in [1.807, 2.05) is 12.1 Å². The highest BCUT2D eigenvalue weighted by molar-refractivity contribution is 7.99. The van der Waals surface area contributed by atoms with Gasteiger partial charge in [-0.05, 0) is 43.6 Å². The lowest BCUT2D eigenvalue weighted by molar-refractivity contribution is -0.117. The lowest BCUT2D eigenvalue weighted by Crippen LogP contribution is -2.37. The summed E-state index contributed by atoms with van der Waals surface area (Å²) < 4.78 is 0. The highest BCUT2D eigenvalue weighted by atomic mass is 32.2. The van der Waals surface area contributed by atoms with Crippen LogP contribution in [0.25, 0.3) is 0 Å². The van der Waals surface area contributed by atoms with Crippen LogP contribution in [0.1, 0.15) is 24.8 Å². The smallest absolute Gasteiger partial charge is 0.242 e. The monoisotopic (exact) mass is 305 g/mol. The molecular formula is C16H23N3OS. The second-order valence-corrected chi connectivity index (χ2v) is 6.83. The van der Waals surface area contributed by atoms with E-state index in [1.54, 1.807) is 11.8 Å². The number of carbonyl (C=O) groups is 1. The molecule has 0 aromatic heterocycles. The number of amides is 1. The minimum absolute atomic E-state index is 0.0549. The van der Waals surface area contributed by atoms with E-state index < -0.39 is 0 Å². The van der Waals surface area contributed by atoms with E-state index >= 15 is 0 Å². The Labute approximate surface area is 130 Å². The molecule has 1 atom stereocenters. The first kappa shape index (κ1) is 14.9. The molecule has 1 aromatic rings. The molecule has 2 aliphatic rings. The van der Waals surface area contributed by atoms with Crippen molar-refractivity contribution < 1.29 is 4.79 Å². The molecule has 5 heteroatoms. The molecule has 1 amide bonds. The zero-order valence-electron chi connectivity index (χ0n) is 12.3. The first-order chi connectivity index (χ1) is 10.3. The number of thioether (sulfide) groups is 1. The van der Waals surface area contributed by atoms with Gasteiger partial charge in [-0.1, -0.05) is 18.6 Å². The van der Waals surface area contributed by atoms with Crippen LogP contribution in [0.2, 0.25) is 0 Å². The SMILES string of the molecule is O=C(Nc1cccc(CN2CCCCC2)c1)C1CSCN1. The third-order valence-corrected chi connectivity index (χ3v) is 5.02. The van der Waals surface area contributed by atoms with Gasteiger partial charge >= 0.3 is 0 Å². The van der Waals surface area contributed by atoms with Gasteiger partial charge < -0.3 is 5.32 Å². The fourth-order valence-corrected chi connectivity index (χ4v) is 3.86. The number of hydrogen-bond donors (Lipinski definition) is 2. The molecule has 1 aromatic carbocycles. The fraction of sp³-hybridized carbons (Fsp3) is 0.562. The molecule has 2 aliphatic heterocycles. The number of nitrogens with one attached hydrogen (secondary N) is 2. The molecule has 0 spiro atoms. The second kappa shape index (κ2) is 7.29. The summed E-state index contributed by atoms with van der Waals surface area (Å²) in [4.78, 5) is 14.6. The van der Waals surface area contributed by atoms with E-state index in [2.05, 4.69) is 27.7 Å². The molecule has 2 heterocycles. The van der Waals surface area contributed by atoms with Crippen LogP contribution in [0.15, 0.2) is 24.3 Å². The van der Waals surface area contributed by atoms with Crippen molar-refractivity contribution in [1.29, 1.82) is 0 Å². The Morgan fingerprint density at radius 3 is 2.95 bits per heavy atom. The molecule has 0 bridgehead atoms. The van der Waals surface area contributed by atoms with E-state index in [0.29, 0.717) is 0 Å². The third kappa shape index (κ3) is 4.22. The Morgan fingerprint density at radius 1 is 1.33 bits per heavy atom. The third-order valence-electron chi connectivity index (χ3n) is 4.08. The number of anilines is 1. The van der Waals surface area contributed by atoms with Crippen molar-refractivity contribution in [3.05, 3.63) is 29.8 Å². The van der Waals surface area contributed by atoms with E-state index in [-0.39, 0.29) is 11.9 Å². The maximum atomic E-state index is 12.1. The van der Waals surface area contributed by atoms with Crippen molar-refractivity contribution in [2.45, 2.75) is 31.8 Å². The van der Waals surface area contributed by atoms with Gasteiger partial charge in [0, 0.05) is 23.9 Å². The lowest BCUT2D eigenvalue weighted by Gasteiger charge is -2.26. The zero-order chi connectivity index (χ0) is 14.5. The van der Waals surface area contributed by atoms with Crippen LogP contribution in [0.4, 0.5) is 5.69 Å². The average Bonchev–Trinajstić information content (AvgIpc) is 3.03. The highest BCUT2D eigenvalue weighted by Gasteiger charge is 2.22. The van der Waals surface area contributed by atoms with E-state index in [9.17, 15) is 4.79 Å². The molecule has 0 radical (unpaired) electrons. The summed E-state index contributed by atoms with van der Waals surface area (Å²) in [5, 5.41) is 6.23. The van der Waals surface area contributed by atoms with Crippen molar-refractivity contribution in [1.82, 2.24) is 10.2 Å². The number of nitrogens with zero attached hydrogens (tertiary/aromatic N) is 1. The number of benzene rings is 1. The molecule has 1 unspecified atom stereocenters. The predicted octanol–water partition coefficient (Wildman–Crippen LogP) is 2.27. The normalized spacial score (nSPS) is 23.1. The maximum Gasteiger partial charge on any atom is 0.242 e. The molecule has 4 nitrogen and oxygen atoms in total. The molecule has 2 fully saturated rings. The summed E-state index contributed by atoms with van der Waals surface area (Å²) in [7, 11) is 0. The van der Waals surface area contributed by atoms with Crippen LogP contribution >= 0.6 is 11.8 Å². The number of hydrogen-bond acceptors (Lipinski definition) is 4. The Hall–Kier alpha value is -1.04. The van der Waals surface area contributed by atoms with Gasteiger partial charge in [0.05, 0.1) is 6.04 Å². The van der Waals surface area contributed by atoms with Gasteiger partial charge in [-0.3, -0.25) is 15.0 Å². The van der Waals surface area contributed by atoms with Gasteiger partial charge in [0.1, 0.15) is 0 Å². The van der Waals surface area contributed by atoms with Crippen LogP contribution in [0, 0.1) is 0 Å². The van der Waals surface area contributed by atoms with Gasteiger partial charge in [-0.15, -0.1) is 11.8 Å². The molecular weight excluding hydrogens is 282 g/mol. The Bertz CT molecular complexity index is 482. The van der Waals surface area contributed by atoms with E-state index in [1.165, 1.54) is 37.9 Å². The van der Waals surface area contributed by atoms with Crippen molar-refractivity contribution in [3.8, 4) is 0 Å². The highest BCUT2D eigenvalue weighted by Crippen LogP contribution is 2.17. The predicted molar refractivity (Wildman–Crippen MR) is 88.4 cm³/mol. The molecule has 2 saturated heterocycles. The largest absolute Gasteiger partial charge is 0.325 e. The number of piperidine rings is 1. The summed E-state index contributed by atoms with van der Waals surface area (Å²) in [6.07, 6.45) is 3.97. The molecule has 21 heavy (non-hydrogen) atoms. The lowest BCUT2D eigenvalue weighted by atomic mass is 10.1. The van der Waals surface area contributed by atoms with E-state index in [4.69, 9.17) is 0 Å². The molecule has 0 aliphatic carbocycles. The zero-order valence-corrected chi connectivity index (χ0v) is 13.1.